The van der Waals surface area contributed by atoms with Crippen LogP contribution in [0.15, 0.2) is 30.3 Å². The zero-order valence-corrected chi connectivity index (χ0v) is 18.2. The number of rotatable bonds is 6. The van der Waals surface area contributed by atoms with Crippen LogP contribution in [0.5, 0.6) is 0 Å². The minimum Gasteiger partial charge on any atom is -0.467 e. The molecule has 2 atom stereocenters. The van der Waals surface area contributed by atoms with Gasteiger partial charge in [-0.1, -0.05) is 30.3 Å². The van der Waals surface area contributed by atoms with Crippen LogP contribution in [0.1, 0.15) is 45.6 Å². The van der Waals surface area contributed by atoms with Crippen molar-refractivity contribution in [3.63, 3.8) is 0 Å². The third-order valence-electron chi connectivity index (χ3n) is 4.73. The van der Waals surface area contributed by atoms with Crippen LogP contribution in [0.3, 0.4) is 0 Å². The fourth-order valence-corrected chi connectivity index (χ4v) is 3.35. The molecule has 1 N–H and O–H groups in total. The molecule has 0 radical (unpaired) electrons. The summed E-state index contributed by atoms with van der Waals surface area (Å²) in [7, 11) is 1.28. The molecule has 2 rings (SSSR count). The lowest BCUT2D eigenvalue weighted by Gasteiger charge is -2.35. The lowest BCUT2D eigenvalue weighted by molar-refractivity contribution is -0.143. The number of methoxy groups -OCH3 is 1. The Morgan fingerprint density at radius 2 is 1.90 bits per heavy atom. The molecule has 0 spiro atoms. The SMILES string of the molecule is COC(=O)[C@@H](C[C@@H]1CCCN(C(=O)OC(C)(C)C)C1)NC(=O)OCc1ccccc1. The number of esters is 1. The molecule has 30 heavy (non-hydrogen) atoms. The van der Waals surface area contributed by atoms with Gasteiger partial charge in [0.1, 0.15) is 18.2 Å². The maximum absolute atomic E-state index is 12.4. The molecule has 1 aromatic rings. The highest BCUT2D eigenvalue weighted by atomic mass is 16.6. The Balaban J connectivity index is 1.90. The van der Waals surface area contributed by atoms with Crippen LogP contribution in [0.25, 0.3) is 0 Å². The summed E-state index contributed by atoms with van der Waals surface area (Å²) >= 11 is 0. The molecule has 1 aliphatic rings. The van der Waals surface area contributed by atoms with E-state index in [1.165, 1.54) is 7.11 Å². The van der Waals surface area contributed by atoms with Gasteiger partial charge in [0.05, 0.1) is 7.11 Å². The number of hydrogen-bond acceptors (Lipinski definition) is 6. The molecule has 8 heteroatoms. The zero-order valence-electron chi connectivity index (χ0n) is 18.2. The Bertz CT molecular complexity index is 716. The van der Waals surface area contributed by atoms with Gasteiger partial charge in [0.2, 0.25) is 0 Å². The monoisotopic (exact) mass is 420 g/mol. The van der Waals surface area contributed by atoms with Crippen molar-refractivity contribution in [3.8, 4) is 0 Å². The molecule has 0 bridgehead atoms. The first kappa shape index (κ1) is 23.5. The summed E-state index contributed by atoms with van der Waals surface area (Å²) < 4.78 is 15.5. The fraction of sp³-hybridized carbons (Fsp3) is 0.591. The lowest BCUT2D eigenvalue weighted by Crippen LogP contribution is -2.47. The summed E-state index contributed by atoms with van der Waals surface area (Å²) in [5.74, 6) is -0.508. The van der Waals surface area contributed by atoms with Crippen molar-refractivity contribution in [2.24, 2.45) is 5.92 Å². The van der Waals surface area contributed by atoms with Crippen molar-refractivity contribution in [1.29, 1.82) is 0 Å². The van der Waals surface area contributed by atoms with E-state index in [0.717, 1.165) is 18.4 Å². The van der Waals surface area contributed by atoms with Crippen molar-refractivity contribution in [1.82, 2.24) is 10.2 Å². The number of nitrogens with zero attached hydrogens (tertiary/aromatic N) is 1. The van der Waals surface area contributed by atoms with Gasteiger partial charge in [0.15, 0.2) is 0 Å². The molecular weight excluding hydrogens is 388 g/mol. The lowest BCUT2D eigenvalue weighted by atomic mass is 9.91. The number of piperidine rings is 1. The van der Waals surface area contributed by atoms with Crippen LogP contribution >= 0.6 is 0 Å². The molecular formula is C22H32N2O6. The van der Waals surface area contributed by atoms with Crippen LogP contribution in [-0.2, 0) is 25.6 Å². The molecule has 1 aliphatic heterocycles. The Kier molecular flexibility index (Phi) is 8.50. The number of alkyl carbamates (subject to hydrolysis) is 1. The van der Waals surface area contributed by atoms with Gasteiger partial charge in [-0.25, -0.2) is 14.4 Å². The highest BCUT2D eigenvalue weighted by Gasteiger charge is 2.32. The number of likely N-dealkylation sites (tertiary alicyclic amines) is 1. The van der Waals surface area contributed by atoms with E-state index in [0.29, 0.717) is 19.5 Å². The predicted octanol–water partition coefficient (Wildman–Crippen LogP) is 3.49. The largest absolute Gasteiger partial charge is 0.467 e. The first-order valence-electron chi connectivity index (χ1n) is 10.2. The minimum atomic E-state index is -0.846. The average Bonchev–Trinajstić information content (AvgIpc) is 2.71. The van der Waals surface area contributed by atoms with E-state index in [-0.39, 0.29) is 18.6 Å². The van der Waals surface area contributed by atoms with E-state index >= 15 is 0 Å². The van der Waals surface area contributed by atoms with Crippen LogP contribution in [0, 0.1) is 5.92 Å². The van der Waals surface area contributed by atoms with Crippen molar-refractivity contribution in [2.75, 3.05) is 20.2 Å². The summed E-state index contributed by atoms with van der Waals surface area (Å²) in [6.07, 6.45) is 0.946. The second-order valence-corrected chi connectivity index (χ2v) is 8.45. The van der Waals surface area contributed by atoms with E-state index in [1.54, 1.807) is 4.90 Å². The Morgan fingerprint density at radius 1 is 1.20 bits per heavy atom. The van der Waals surface area contributed by atoms with Gasteiger partial charge in [0, 0.05) is 13.1 Å². The van der Waals surface area contributed by atoms with Crippen LogP contribution in [-0.4, -0.2) is 54.9 Å². The summed E-state index contributed by atoms with van der Waals surface area (Å²) in [5.41, 5.74) is 0.283. The van der Waals surface area contributed by atoms with Crippen molar-refractivity contribution >= 4 is 18.2 Å². The van der Waals surface area contributed by atoms with E-state index in [2.05, 4.69) is 5.32 Å². The van der Waals surface area contributed by atoms with E-state index in [9.17, 15) is 14.4 Å². The van der Waals surface area contributed by atoms with Crippen molar-refractivity contribution in [2.45, 2.75) is 58.3 Å². The van der Waals surface area contributed by atoms with Gasteiger partial charge in [-0.15, -0.1) is 0 Å². The second-order valence-electron chi connectivity index (χ2n) is 8.45. The first-order chi connectivity index (χ1) is 14.2. The standard InChI is InChI=1S/C22H32N2O6/c1-22(2,3)30-21(27)24-12-8-11-17(14-24)13-18(19(25)28-4)23-20(26)29-15-16-9-6-5-7-10-16/h5-7,9-10,17-18H,8,11-15H2,1-4H3,(H,23,26)/t17-,18+/m0/s1. The van der Waals surface area contributed by atoms with E-state index in [1.807, 2.05) is 51.1 Å². The number of hydrogen-bond donors (Lipinski definition) is 1. The Labute approximate surface area is 177 Å². The van der Waals surface area contributed by atoms with Gasteiger partial charge in [-0.3, -0.25) is 0 Å². The molecule has 8 nitrogen and oxygen atoms in total. The minimum absolute atomic E-state index is 0.0322. The number of ether oxygens (including phenoxy) is 3. The third kappa shape index (κ3) is 7.93. The molecule has 0 unspecified atom stereocenters. The molecule has 2 amide bonds. The summed E-state index contributed by atoms with van der Waals surface area (Å²) in [4.78, 5) is 38.4. The number of carbonyl (C=O) groups is 3. The van der Waals surface area contributed by atoms with Crippen molar-refractivity contribution in [3.05, 3.63) is 35.9 Å². The third-order valence-corrected chi connectivity index (χ3v) is 4.73. The molecule has 1 heterocycles. The smallest absolute Gasteiger partial charge is 0.410 e. The van der Waals surface area contributed by atoms with Crippen molar-refractivity contribution < 1.29 is 28.6 Å². The quantitative estimate of drug-likeness (QED) is 0.559. The fourth-order valence-electron chi connectivity index (χ4n) is 3.35. The van der Waals surface area contributed by atoms with Gasteiger partial charge >= 0.3 is 18.2 Å². The molecule has 1 saturated heterocycles. The molecule has 0 aromatic heterocycles. The van der Waals surface area contributed by atoms with Gasteiger partial charge in [-0.05, 0) is 51.5 Å². The number of nitrogens with one attached hydrogen (secondary N) is 1. The van der Waals surface area contributed by atoms with E-state index < -0.39 is 23.7 Å². The highest BCUT2D eigenvalue weighted by Crippen LogP contribution is 2.23. The molecule has 1 aromatic carbocycles. The molecule has 1 fully saturated rings. The van der Waals surface area contributed by atoms with Gasteiger partial charge < -0.3 is 24.4 Å². The first-order valence-corrected chi connectivity index (χ1v) is 10.2. The average molecular weight is 421 g/mol. The number of carbonyl (C=O) groups excluding carboxylic acids is 3. The van der Waals surface area contributed by atoms with Crippen LogP contribution < -0.4 is 5.32 Å². The maximum Gasteiger partial charge on any atom is 0.410 e. The topological polar surface area (TPSA) is 94.2 Å². The predicted molar refractivity (Wildman–Crippen MR) is 111 cm³/mol. The van der Waals surface area contributed by atoms with Gasteiger partial charge in [0.25, 0.3) is 0 Å². The Morgan fingerprint density at radius 3 is 2.53 bits per heavy atom. The van der Waals surface area contributed by atoms with Crippen LogP contribution in [0.4, 0.5) is 9.59 Å². The normalized spacial score (nSPS) is 17.6. The highest BCUT2D eigenvalue weighted by molar-refractivity contribution is 5.81. The zero-order chi connectivity index (χ0) is 22.1. The summed E-state index contributed by atoms with van der Waals surface area (Å²) in [6.45, 7) is 6.65. The Hall–Kier alpha value is -2.77. The van der Waals surface area contributed by atoms with E-state index in [4.69, 9.17) is 14.2 Å². The summed E-state index contributed by atoms with van der Waals surface area (Å²) in [6, 6.07) is 8.43. The molecule has 166 valence electrons. The van der Waals surface area contributed by atoms with Crippen LogP contribution in [0.2, 0.25) is 0 Å². The number of benzene rings is 1. The molecule has 0 saturated carbocycles. The van der Waals surface area contributed by atoms with Gasteiger partial charge in [-0.2, -0.15) is 0 Å². The second kappa shape index (κ2) is 10.8. The molecule has 0 aliphatic carbocycles. The number of amides is 2. The maximum atomic E-state index is 12.4. The summed E-state index contributed by atoms with van der Waals surface area (Å²) in [5, 5.41) is 2.60.